The first-order valence-corrected chi connectivity index (χ1v) is 7.66. The summed E-state index contributed by atoms with van der Waals surface area (Å²) < 4.78 is 7.35. The first-order valence-electron chi connectivity index (χ1n) is 6.08. The molecule has 0 spiro atoms. The molecule has 0 saturated heterocycles. The van der Waals surface area contributed by atoms with E-state index < -0.39 is 6.10 Å². The monoisotopic (exact) mass is 379 g/mol. The Morgan fingerprint density at radius 3 is 2.83 bits per heavy atom. The molecule has 1 unspecified atom stereocenters. The quantitative estimate of drug-likeness (QED) is 0.674. The molecule has 0 aliphatic carbocycles. The molecule has 0 aromatic heterocycles. The fourth-order valence-corrected chi connectivity index (χ4v) is 2.57. The predicted molar refractivity (Wildman–Crippen MR) is 82.1 cm³/mol. The van der Waals surface area contributed by atoms with Gasteiger partial charge >= 0.3 is 0 Å². The van der Waals surface area contributed by atoms with Gasteiger partial charge in [-0.2, -0.15) is 0 Å². The minimum absolute atomic E-state index is 0.376. The van der Waals surface area contributed by atoms with E-state index in [2.05, 4.69) is 44.1 Å². The van der Waals surface area contributed by atoms with Gasteiger partial charge in [-0.05, 0) is 40.5 Å². The lowest BCUT2D eigenvalue weighted by atomic mass is 10.3. The number of halogens is 2. The zero-order valence-electron chi connectivity index (χ0n) is 10.5. The molecule has 1 rings (SSSR count). The maximum atomic E-state index is 9.74. The minimum Gasteiger partial charge on any atom is -0.389 e. The molecule has 1 aromatic rings. The highest BCUT2D eigenvalue weighted by Gasteiger charge is 2.06. The van der Waals surface area contributed by atoms with Crippen LogP contribution < -0.4 is 5.32 Å². The highest BCUT2D eigenvalue weighted by atomic mass is 79.9. The van der Waals surface area contributed by atoms with Crippen LogP contribution in [-0.4, -0.2) is 31.0 Å². The topological polar surface area (TPSA) is 41.5 Å². The third-order valence-corrected chi connectivity index (χ3v) is 3.56. The molecule has 0 aliphatic heterocycles. The standard InChI is InChI=1S/C13H19Br2NO2/c1-2-3-6-18-9-11(17)8-16-13-5-4-10(14)7-12(13)15/h4-5,7,11,16-17H,2-3,6,8-9H2,1H3. The van der Waals surface area contributed by atoms with Gasteiger partial charge in [0.15, 0.2) is 0 Å². The second-order valence-electron chi connectivity index (χ2n) is 4.09. The highest BCUT2D eigenvalue weighted by molar-refractivity contribution is 9.11. The van der Waals surface area contributed by atoms with Gasteiger partial charge in [0, 0.05) is 27.8 Å². The zero-order valence-corrected chi connectivity index (χ0v) is 13.6. The summed E-state index contributed by atoms with van der Waals surface area (Å²) in [4.78, 5) is 0. The summed E-state index contributed by atoms with van der Waals surface area (Å²) in [5.74, 6) is 0. The number of aliphatic hydroxyl groups is 1. The van der Waals surface area contributed by atoms with Crippen LogP contribution in [0.5, 0.6) is 0 Å². The normalized spacial score (nSPS) is 12.4. The van der Waals surface area contributed by atoms with Crippen LogP contribution in [0.2, 0.25) is 0 Å². The van der Waals surface area contributed by atoms with Crippen LogP contribution in [0.1, 0.15) is 19.8 Å². The Labute approximate surface area is 125 Å². The summed E-state index contributed by atoms with van der Waals surface area (Å²) in [6, 6.07) is 5.88. The van der Waals surface area contributed by atoms with Gasteiger partial charge in [-0.15, -0.1) is 0 Å². The largest absolute Gasteiger partial charge is 0.389 e. The number of rotatable bonds is 8. The van der Waals surface area contributed by atoms with Crippen molar-refractivity contribution in [3.05, 3.63) is 27.1 Å². The zero-order chi connectivity index (χ0) is 13.4. The number of unbranched alkanes of at least 4 members (excludes halogenated alkanes) is 1. The molecule has 18 heavy (non-hydrogen) atoms. The Hall–Kier alpha value is -0.100. The van der Waals surface area contributed by atoms with Crippen LogP contribution in [0.25, 0.3) is 0 Å². The summed E-state index contributed by atoms with van der Waals surface area (Å²) in [6.07, 6.45) is 1.66. The van der Waals surface area contributed by atoms with Crippen molar-refractivity contribution in [3.8, 4) is 0 Å². The van der Waals surface area contributed by atoms with Gasteiger partial charge in [0.05, 0.1) is 12.7 Å². The molecule has 0 fully saturated rings. The van der Waals surface area contributed by atoms with Gasteiger partial charge in [0.25, 0.3) is 0 Å². The maximum Gasteiger partial charge on any atom is 0.0945 e. The molecular formula is C13H19Br2NO2. The van der Waals surface area contributed by atoms with Crippen molar-refractivity contribution in [1.29, 1.82) is 0 Å². The van der Waals surface area contributed by atoms with Gasteiger partial charge in [-0.1, -0.05) is 29.3 Å². The maximum absolute atomic E-state index is 9.74. The SMILES string of the molecule is CCCCOCC(O)CNc1ccc(Br)cc1Br. The number of aliphatic hydroxyl groups excluding tert-OH is 1. The summed E-state index contributed by atoms with van der Waals surface area (Å²) in [5, 5.41) is 12.9. The van der Waals surface area contributed by atoms with E-state index in [1.54, 1.807) is 0 Å². The van der Waals surface area contributed by atoms with Crippen LogP contribution in [-0.2, 0) is 4.74 Å². The van der Waals surface area contributed by atoms with E-state index in [0.717, 1.165) is 34.1 Å². The van der Waals surface area contributed by atoms with E-state index in [4.69, 9.17) is 4.74 Å². The smallest absolute Gasteiger partial charge is 0.0945 e. The Bertz CT molecular complexity index is 361. The lowest BCUT2D eigenvalue weighted by molar-refractivity contribution is 0.0421. The number of anilines is 1. The number of nitrogens with one attached hydrogen (secondary N) is 1. The molecule has 5 heteroatoms. The average Bonchev–Trinajstić information content (AvgIpc) is 2.33. The van der Waals surface area contributed by atoms with Crippen molar-refractivity contribution < 1.29 is 9.84 Å². The fourth-order valence-electron chi connectivity index (χ4n) is 1.39. The molecule has 102 valence electrons. The van der Waals surface area contributed by atoms with E-state index in [1.165, 1.54) is 0 Å². The third kappa shape index (κ3) is 6.18. The van der Waals surface area contributed by atoms with Crippen LogP contribution in [0, 0.1) is 0 Å². The number of ether oxygens (including phenoxy) is 1. The van der Waals surface area contributed by atoms with Crippen molar-refractivity contribution in [2.24, 2.45) is 0 Å². The van der Waals surface area contributed by atoms with E-state index in [9.17, 15) is 5.11 Å². The predicted octanol–water partition coefficient (Wildman–Crippen LogP) is 3.80. The Kier molecular flexibility index (Phi) is 7.90. The van der Waals surface area contributed by atoms with Crippen LogP contribution >= 0.6 is 31.9 Å². The Morgan fingerprint density at radius 2 is 2.17 bits per heavy atom. The Balaban J connectivity index is 2.27. The first-order chi connectivity index (χ1) is 8.63. The van der Waals surface area contributed by atoms with Crippen LogP contribution in [0.3, 0.4) is 0 Å². The van der Waals surface area contributed by atoms with Gasteiger partial charge < -0.3 is 15.2 Å². The molecule has 0 amide bonds. The number of hydrogen-bond donors (Lipinski definition) is 2. The van der Waals surface area contributed by atoms with Crippen molar-refractivity contribution in [2.45, 2.75) is 25.9 Å². The fraction of sp³-hybridized carbons (Fsp3) is 0.538. The van der Waals surface area contributed by atoms with Gasteiger partial charge in [0.1, 0.15) is 0 Å². The molecule has 1 atom stereocenters. The lowest BCUT2D eigenvalue weighted by Gasteiger charge is -2.14. The van der Waals surface area contributed by atoms with E-state index in [-0.39, 0.29) is 0 Å². The van der Waals surface area contributed by atoms with Crippen LogP contribution in [0.15, 0.2) is 27.1 Å². The summed E-state index contributed by atoms with van der Waals surface area (Å²) in [7, 11) is 0. The van der Waals surface area contributed by atoms with E-state index in [0.29, 0.717) is 13.2 Å². The van der Waals surface area contributed by atoms with Gasteiger partial charge in [-0.25, -0.2) is 0 Å². The highest BCUT2D eigenvalue weighted by Crippen LogP contribution is 2.25. The lowest BCUT2D eigenvalue weighted by Crippen LogP contribution is -2.25. The number of benzene rings is 1. The van der Waals surface area contributed by atoms with Crippen LogP contribution in [0.4, 0.5) is 5.69 Å². The molecule has 1 aromatic carbocycles. The average molecular weight is 381 g/mol. The minimum atomic E-state index is -0.489. The van der Waals surface area contributed by atoms with Crippen molar-refractivity contribution in [1.82, 2.24) is 0 Å². The second-order valence-corrected chi connectivity index (χ2v) is 5.86. The summed E-state index contributed by atoms with van der Waals surface area (Å²) in [5.41, 5.74) is 0.964. The van der Waals surface area contributed by atoms with Gasteiger partial charge in [-0.3, -0.25) is 0 Å². The number of hydrogen-bond acceptors (Lipinski definition) is 3. The summed E-state index contributed by atoms with van der Waals surface area (Å²) in [6.45, 7) is 3.69. The molecule has 0 aliphatic rings. The first kappa shape index (κ1) is 16.0. The van der Waals surface area contributed by atoms with E-state index >= 15 is 0 Å². The third-order valence-electron chi connectivity index (χ3n) is 2.41. The van der Waals surface area contributed by atoms with E-state index in [1.807, 2.05) is 18.2 Å². The second kappa shape index (κ2) is 8.91. The molecule has 0 heterocycles. The molecule has 3 nitrogen and oxygen atoms in total. The molecule has 0 bridgehead atoms. The van der Waals surface area contributed by atoms with Crippen molar-refractivity contribution in [3.63, 3.8) is 0 Å². The van der Waals surface area contributed by atoms with Crippen molar-refractivity contribution >= 4 is 37.5 Å². The molecule has 0 radical (unpaired) electrons. The molecular weight excluding hydrogens is 362 g/mol. The molecule has 2 N–H and O–H groups in total. The van der Waals surface area contributed by atoms with Crippen molar-refractivity contribution in [2.75, 3.05) is 25.1 Å². The van der Waals surface area contributed by atoms with Gasteiger partial charge in [0.2, 0.25) is 0 Å². The summed E-state index contributed by atoms with van der Waals surface area (Å²) >= 11 is 6.86. The molecule has 0 saturated carbocycles. The Morgan fingerprint density at radius 1 is 1.39 bits per heavy atom.